The van der Waals surface area contributed by atoms with Gasteiger partial charge in [-0.3, -0.25) is 4.99 Å². The van der Waals surface area contributed by atoms with Crippen molar-refractivity contribution < 1.29 is 8.42 Å². The van der Waals surface area contributed by atoms with E-state index >= 15 is 0 Å². The van der Waals surface area contributed by atoms with Crippen LogP contribution in [0.4, 0.5) is 0 Å². The third-order valence-electron chi connectivity index (χ3n) is 3.00. The van der Waals surface area contributed by atoms with Crippen molar-refractivity contribution in [3.63, 3.8) is 0 Å². The zero-order valence-corrected chi connectivity index (χ0v) is 18.3. The van der Waals surface area contributed by atoms with E-state index in [2.05, 4.69) is 26.5 Å². The van der Waals surface area contributed by atoms with Gasteiger partial charge in [0.15, 0.2) is 5.96 Å². The molecule has 23 heavy (non-hydrogen) atoms. The highest BCUT2D eigenvalue weighted by Crippen LogP contribution is 2.09. The van der Waals surface area contributed by atoms with Crippen LogP contribution >= 0.6 is 35.3 Å². The zero-order valence-electron chi connectivity index (χ0n) is 14.3. The summed E-state index contributed by atoms with van der Waals surface area (Å²) in [6.07, 6.45) is 2.12. The highest BCUT2D eigenvalue weighted by Gasteiger charge is 2.22. The maximum absolute atomic E-state index is 11.4. The van der Waals surface area contributed by atoms with Gasteiger partial charge in [-0.1, -0.05) is 6.07 Å². The van der Waals surface area contributed by atoms with Crippen LogP contribution < -0.4 is 10.0 Å². The fourth-order valence-electron chi connectivity index (χ4n) is 2.06. The molecule has 0 aliphatic carbocycles. The Morgan fingerprint density at radius 3 is 2.57 bits per heavy atom. The van der Waals surface area contributed by atoms with Gasteiger partial charge >= 0.3 is 0 Å². The lowest BCUT2D eigenvalue weighted by molar-refractivity contribution is 0.426. The molecule has 9 heteroatoms. The standard InChI is InChI=1S/C14H26N4O2S2.HI/c1-14(2,17-22(5,19)20)11-16-13(15-3)18(4)9-8-12-7-6-10-21-12;/h6-7,10,17H,8-9,11H2,1-5H3,(H,15,16);1H. The van der Waals surface area contributed by atoms with Crippen molar-refractivity contribution in [1.82, 2.24) is 14.9 Å². The van der Waals surface area contributed by atoms with E-state index in [1.165, 1.54) is 4.88 Å². The number of halogens is 1. The normalized spacial score (nSPS) is 12.7. The molecule has 1 aromatic heterocycles. The molecular formula is C14H27IN4O2S2. The Labute approximate surface area is 160 Å². The summed E-state index contributed by atoms with van der Waals surface area (Å²) in [5.74, 6) is 0.750. The number of aliphatic imine (C=N–C) groups is 1. The first-order valence-electron chi connectivity index (χ1n) is 7.06. The molecule has 1 heterocycles. The molecule has 134 valence electrons. The molecule has 1 aromatic rings. The molecule has 0 aliphatic rings. The monoisotopic (exact) mass is 474 g/mol. The first-order valence-corrected chi connectivity index (χ1v) is 9.83. The van der Waals surface area contributed by atoms with Crippen molar-refractivity contribution in [3.8, 4) is 0 Å². The fraction of sp³-hybridized carbons (Fsp3) is 0.643. The van der Waals surface area contributed by atoms with Gasteiger partial charge < -0.3 is 10.2 Å². The highest BCUT2D eigenvalue weighted by molar-refractivity contribution is 14.0. The summed E-state index contributed by atoms with van der Waals surface area (Å²) in [5.41, 5.74) is -0.585. The van der Waals surface area contributed by atoms with Gasteiger partial charge in [-0.15, -0.1) is 35.3 Å². The van der Waals surface area contributed by atoms with Gasteiger partial charge in [0, 0.05) is 37.6 Å². The minimum atomic E-state index is -3.24. The van der Waals surface area contributed by atoms with E-state index in [9.17, 15) is 8.42 Å². The molecular weight excluding hydrogens is 447 g/mol. The number of sulfonamides is 1. The summed E-state index contributed by atoms with van der Waals surface area (Å²) in [5, 5.41) is 5.29. The Morgan fingerprint density at radius 2 is 2.09 bits per heavy atom. The second-order valence-corrected chi connectivity index (χ2v) is 8.69. The topological polar surface area (TPSA) is 73.8 Å². The summed E-state index contributed by atoms with van der Waals surface area (Å²) in [7, 11) is 0.457. The van der Waals surface area contributed by atoms with Crippen LogP contribution in [0.1, 0.15) is 18.7 Å². The van der Waals surface area contributed by atoms with Crippen molar-refractivity contribution in [2.24, 2.45) is 4.99 Å². The molecule has 0 bridgehead atoms. The molecule has 0 fully saturated rings. The van der Waals surface area contributed by atoms with Crippen LogP contribution in [-0.4, -0.2) is 58.3 Å². The molecule has 0 unspecified atom stereocenters. The molecule has 0 saturated carbocycles. The number of guanidine groups is 1. The van der Waals surface area contributed by atoms with Crippen molar-refractivity contribution in [3.05, 3.63) is 22.4 Å². The average molecular weight is 474 g/mol. The number of hydrogen-bond donors (Lipinski definition) is 2. The van der Waals surface area contributed by atoms with Crippen LogP contribution in [0.15, 0.2) is 22.5 Å². The fourth-order valence-corrected chi connectivity index (χ4v) is 3.84. The quantitative estimate of drug-likeness (QED) is 0.359. The number of thiophene rings is 1. The van der Waals surface area contributed by atoms with Gasteiger partial charge in [-0.05, 0) is 31.7 Å². The van der Waals surface area contributed by atoms with Crippen LogP contribution in [-0.2, 0) is 16.4 Å². The van der Waals surface area contributed by atoms with E-state index in [1.54, 1.807) is 18.4 Å². The zero-order chi connectivity index (χ0) is 16.8. The third kappa shape index (κ3) is 9.48. The van der Waals surface area contributed by atoms with Crippen LogP contribution in [0.25, 0.3) is 0 Å². The van der Waals surface area contributed by atoms with Crippen LogP contribution in [0.2, 0.25) is 0 Å². The van der Waals surface area contributed by atoms with Crippen molar-refractivity contribution in [2.75, 3.05) is 33.4 Å². The van der Waals surface area contributed by atoms with Gasteiger partial charge in [0.25, 0.3) is 0 Å². The lowest BCUT2D eigenvalue weighted by Crippen LogP contribution is -2.53. The lowest BCUT2D eigenvalue weighted by atomic mass is 10.1. The molecule has 0 aromatic carbocycles. The SMILES string of the molecule is CN=C(NCC(C)(C)NS(C)(=O)=O)N(C)CCc1cccs1.I. The molecule has 6 nitrogen and oxygen atoms in total. The van der Waals surface area contributed by atoms with Crippen molar-refractivity contribution in [1.29, 1.82) is 0 Å². The molecule has 0 radical (unpaired) electrons. The van der Waals surface area contributed by atoms with E-state index in [-0.39, 0.29) is 24.0 Å². The van der Waals surface area contributed by atoms with Gasteiger partial charge in [-0.2, -0.15) is 0 Å². The Hall–Kier alpha value is -0.390. The molecule has 0 saturated heterocycles. The minimum Gasteiger partial charge on any atom is -0.354 e. The maximum atomic E-state index is 11.4. The third-order valence-corrected chi connectivity index (χ3v) is 4.86. The van der Waals surface area contributed by atoms with Crippen LogP contribution in [0.5, 0.6) is 0 Å². The molecule has 0 aliphatic heterocycles. The summed E-state index contributed by atoms with van der Waals surface area (Å²) in [6, 6.07) is 4.17. The molecule has 0 spiro atoms. The molecule has 2 N–H and O–H groups in total. The van der Waals surface area contributed by atoms with Gasteiger partial charge in [0.05, 0.1) is 6.26 Å². The Kier molecular flexibility index (Phi) is 9.63. The largest absolute Gasteiger partial charge is 0.354 e. The summed E-state index contributed by atoms with van der Waals surface area (Å²) in [4.78, 5) is 7.62. The van der Waals surface area contributed by atoms with Crippen molar-refractivity contribution in [2.45, 2.75) is 25.8 Å². The van der Waals surface area contributed by atoms with E-state index in [0.29, 0.717) is 6.54 Å². The second kappa shape index (κ2) is 9.80. The van der Waals surface area contributed by atoms with E-state index in [0.717, 1.165) is 25.2 Å². The number of nitrogens with zero attached hydrogens (tertiary/aromatic N) is 2. The van der Waals surface area contributed by atoms with Gasteiger partial charge in [0.2, 0.25) is 10.0 Å². The van der Waals surface area contributed by atoms with Gasteiger partial charge in [0.1, 0.15) is 0 Å². The maximum Gasteiger partial charge on any atom is 0.209 e. The minimum absolute atomic E-state index is 0. The smallest absolute Gasteiger partial charge is 0.209 e. The Bertz CT molecular complexity index is 586. The van der Waals surface area contributed by atoms with E-state index < -0.39 is 15.6 Å². The van der Waals surface area contributed by atoms with E-state index in [4.69, 9.17) is 0 Å². The van der Waals surface area contributed by atoms with Crippen LogP contribution in [0, 0.1) is 0 Å². The summed E-state index contributed by atoms with van der Waals surface area (Å²) >= 11 is 1.74. The predicted octanol–water partition coefficient (Wildman–Crippen LogP) is 1.74. The molecule has 0 amide bonds. The average Bonchev–Trinajstić information content (AvgIpc) is 2.87. The second-order valence-electron chi connectivity index (χ2n) is 5.91. The van der Waals surface area contributed by atoms with Crippen LogP contribution in [0.3, 0.4) is 0 Å². The first kappa shape index (κ1) is 22.6. The highest BCUT2D eigenvalue weighted by atomic mass is 127. The Balaban J connectivity index is 0.00000484. The molecule has 1 rings (SSSR count). The van der Waals surface area contributed by atoms with E-state index in [1.807, 2.05) is 31.9 Å². The lowest BCUT2D eigenvalue weighted by Gasteiger charge is -2.29. The Morgan fingerprint density at radius 1 is 1.43 bits per heavy atom. The molecule has 0 atom stereocenters. The number of likely N-dealkylation sites (N-methyl/N-ethyl adjacent to an activating group) is 1. The number of rotatable bonds is 7. The van der Waals surface area contributed by atoms with Gasteiger partial charge in [-0.25, -0.2) is 13.1 Å². The first-order chi connectivity index (χ1) is 10.1. The summed E-state index contributed by atoms with van der Waals surface area (Å²) < 4.78 is 25.3. The number of hydrogen-bond acceptors (Lipinski definition) is 4. The predicted molar refractivity (Wildman–Crippen MR) is 109 cm³/mol. The number of nitrogens with one attached hydrogen (secondary N) is 2. The van der Waals surface area contributed by atoms with Crippen molar-refractivity contribution >= 4 is 51.3 Å². The summed E-state index contributed by atoms with van der Waals surface area (Å²) in [6.45, 7) is 4.97.